The van der Waals surface area contributed by atoms with Gasteiger partial charge in [0.15, 0.2) is 0 Å². The molecule has 0 bridgehead atoms. The van der Waals surface area contributed by atoms with Gasteiger partial charge in [-0.3, -0.25) is 9.59 Å². The van der Waals surface area contributed by atoms with E-state index in [-0.39, 0.29) is 18.4 Å². The third-order valence-corrected chi connectivity index (χ3v) is 5.81. The number of alkyl carbamates (subject to hydrolysis) is 1. The van der Waals surface area contributed by atoms with Gasteiger partial charge < -0.3 is 30.9 Å². The van der Waals surface area contributed by atoms with E-state index >= 15 is 0 Å². The predicted octanol–water partition coefficient (Wildman–Crippen LogP) is 1.23. The molecule has 0 aliphatic heterocycles. The van der Waals surface area contributed by atoms with E-state index < -0.39 is 49.1 Å². The summed E-state index contributed by atoms with van der Waals surface area (Å²) in [6, 6.07) is 13.4. The number of carbonyl (C=O) groups is 4. The molecular formula is C25H29N3O7. The summed E-state index contributed by atoms with van der Waals surface area (Å²) in [5.74, 6) is -3.26. The Bertz CT molecular complexity index is 1060. The molecular weight excluding hydrogens is 454 g/mol. The van der Waals surface area contributed by atoms with Crippen molar-refractivity contribution in [3.63, 3.8) is 0 Å². The smallest absolute Gasteiger partial charge is 0.407 e. The van der Waals surface area contributed by atoms with E-state index in [4.69, 9.17) is 14.9 Å². The van der Waals surface area contributed by atoms with Crippen LogP contribution >= 0.6 is 0 Å². The second-order valence-corrected chi connectivity index (χ2v) is 8.55. The van der Waals surface area contributed by atoms with Crippen molar-refractivity contribution < 1.29 is 34.1 Å². The monoisotopic (exact) mass is 483 g/mol. The molecule has 10 heteroatoms. The van der Waals surface area contributed by atoms with Crippen LogP contribution in [0.15, 0.2) is 48.5 Å². The summed E-state index contributed by atoms with van der Waals surface area (Å²) in [5, 5.41) is 24.8. The molecule has 186 valence electrons. The van der Waals surface area contributed by atoms with Gasteiger partial charge in [-0.15, -0.1) is 0 Å². The Hall–Kier alpha value is -3.92. The topological polar surface area (TPSA) is 154 Å². The van der Waals surface area contributed by atoms with E-state index in [1.54, 1.807) is 13.8 Å². The van der Waals surface area contributed by atoms with Crippen molar-refractivity contribution in [2.75, 3.05) is 19.8 Å². The lowest BCUT2D eigenvalue weighted by Gasteiger charge is -2.22. The van der Waals surface area contributed by atoms with Gasteiger partial charge in [-0.1, -0.05) is 62.4 Å². The number of carbonyl (C=O) groups excluding carboxylic acids is 3. The number of fused-ring (bicyclic) bond motifs is 3. The molecule has 2 atom stereocenters. The number of aliphatic hydroxyl groups excluding tert-OH is 1. The summed E-state index contributed by atoms with van der Waals surface area (Å²) in [7, 11) is 0. The van der Waals surface area contributed by atoms with E-state index in [0.717, 1.165) is 22.3 Å². The highest BCUT2D eigenvalue weighted by molar-refractivity contribution is 5.91. The second kappa shape index (κ2) is 11.5. The number of carboxylic acid groups (broad SMARTS) is 1. The van der Waals surface area contributed by atoms with Crippen LogP contribution in [-0.4, -0.2) is 65.9 Å². The quantitative estimate of drug-likeness (QED) is 0.340. The Morgan fingerprint density at radius 1 is 0.943 bits per heavy atom. The number of rotatable bonds is 10. The highest BCUT2D eigenvalue weighted by Gasteiger charge is 2.30. The van der Waals surface area contributed by atoms with Crippen molar-refractivity contribution in [1.29, 1.82) is 0 Å². The third kappa shape index (κ3) is 6.15. The van der Waals surface area contributed by atoms with E-state index in [2.05, 4.69) is 16.0 Å². The molecule has 0 aromatic heterocycles. The fourth-order valence-corrected chi connectivity index (χ4v) is 4.01. The van der Waals surface area contributed by atoms with Crippen molar-refractivity contribution in [2.45, 2.75) is 31.8 Å². The summed E-state index contributed by atoms with van der Waals surface area (Å²) in [6.45, 7) is 2.23. The van der Waals surface area contributed by atoms with Gasteiger partial charge in [0.2, 0.25) is 11.8 Å². The molecule has 0 saturated carbocycles. The lowest BCUT2D eigenvalue weighted by atomic mass is 9.98. The van der Waals surface area contributed by atoms with Crippen LogP contribution in [0.3, 0.4) is 0 Å². The highest BCUT2D eigenvalue weighted by Crippen LogP contribution is 2.44. The fraction of sp³-hybridized carbons (Fsp3) is 0.360. The van der Waals surface area contributed by atoms with Gasteiger partial charge in [0.05, 0.1) is 13.2 Å². The zero-order chi connectivity index (χ0) is 25.5. The molecule has 2 aromatic rings. The van der Waals surface area contributed by atoms with Gasteiger partial charge in [0.25, 0.3) is 0 Å². The summed E-state index contributed by atoms with van der Waals surface area (Å²) < 4.78 is 5.49. The van der Waals surface area contributed by atoms with Crippen LogP contribution in [0.1, 0.15) is 30.9 Å². The van der Waals surface area contributed by atoms with Crippen LogP contribution in [0, 0.1) is 5.92 Å². The molecule has 1 aliphatic carbocycles. The standard InChI is InChI=1S/C25H29N3O7/c1-14(2)22(23(31)26-11-21(30)27-20(12-29)24(32)33)28-25(34)35-13-19-17-9-5-3-7-15(17)16-8-4-6-10-18(16)19/h3-10,14,19-20,22,29H,11-13H2,1-2H3,(H,26,31)(H,27,30)(H,28,34)(H,32,33)/t20-,22-/m0/s1. The summed E-state index contributed by atoms with van der Waals surface area (Å²) >= 11 is 0. The van der Waals surface area contributed by atoms with Crippen LogP contribution in [0.2, 0.25) is 0 Å². The molecule has 3 rings (SSSR count). The molecule has 35 heavy (non-hydrogen) atoms. The highest BCUT2D eigenvalue weighted by atomic mass is 16.5. The van der Waals surface area contributed by atoms with Crippen LogP contribution in [0.5, 0.6) is 0 Å². The number of aliphatic carboxylic acids is 1. The minimum atomic E-state index is -1.47. The zero-order valence-corrected chi connectivity index (χ0v) is 19.5. The van der Waals surface area contributed by atoms with Crippen molar-refractivity contribution in [2.24, 2.45) is 5.92 Å². The molecule has 3 amide bonds. The van der Waals surface area contributed by atoms with E-state index in [1.807, 2.05) is 48.5 Å². The Labute approximate surface area is 202 Å². The first kappa shape index (κ1) is 25.7. The maximum Gasteiger partial charge on any atom is 0.407 e. The number of amides is 3. The van der Waals surface area contributed by atoms with Crippen LogP contribution in [0.4, 0.5) is 4.79 Å². The molecule has 0 unspecified atom stereocenters. The molecule has 5 N–H and O–H groups in total. The predicted molar refractivity (Wildman–Crippen MR) is 126 cm³/mol. The van der Waals surface area contributed by atoms with Gasteiger partial charge in [-0.05, 0) is 28.2 Å². The van der Waals surface area contributed by atoms with Gasteiger partial charge >= 0.3 is 12.1 Å². The molecule has 0 radical (unpaired) electrons. The number of benzene rings is 2. The maximum absolute atomic E-state index is 12.6. The largest absolute Gasteiger partial charge is 0.480 e. The average Bonchev–Trinajstić information content (AvgIpc) is 3.16. The number of aliphatic hydroxyl groups is 1. The van der Waals surface area contributed by atoms with Crippen LogP contribution in [-0.2, 0) is 19.1 Å². The summed E-state index contributed by atoms with van der Waals surface area (Å²) in [4.78, 5) is 47.9. The van der Waals surface area contributed by atoms with Crippen molar-refractivity contribution >= 4 is 23.9 Å². The Morgan fingerprint density at radius 2 is 1.51 bits per heavy atom. The maximum atomic E-state index is 12.6. The first-order valence-corrected chi connectivity index (χ1v) is 11.2. The number of nitrogens with one attached hydrogen (secondary N) is 3. The normalized spacial score (nSPS) is 13.8. The number of hydrogen-bond donors (Lipinski definition) is 5. The number of ether oxygens (including phenoxy) is 1. The molecule has 1 aliphatic rings. The Morgan fingerprint density at radius 3 is 2.03 bits per heavy atom. The first-order valence-electron chi connectivity index (χ1n) is 11.2. The van der Waals surface area contributed by atoms with E-state index in [0.29, 0.717) is 0 Å². The minimum Gasteiger partial charge on any atom is -0.480 e. The number of hydrogen-bond acceptors (Lipinski definition) is 6. The molecule has 0 saturated heterocycles. The van der Waals surface area contributed by atoms with Gasteiger partial charge in [-0.2, -0.15) is 0 Å². The second-order valence-electron chi connectivity index (χ2n) is 8.55. The van der Waals surface area contributed by atoms with Crippen molar-refractivity contribution in [3.8, 4) is 11.1 Å². The summed E-state index contributed by atoms with van der Waals surface area (Å²) in [5.41, 5.74) is 4.32. The molecule has 2 aromatic carbocycles. The minimum absolute atomic E-state index is 0.0897. The van der Waals surface area contributed by atoms with Gasteiger partial charge in [0.1, 0.15) is 18.7 Å². The molecule has 0 heterocycles. The molecule has 0 spiro atoms. The Balaban J connectivity index is 1.56. The number of carboxylic acids is 1. The fourth-order valence-electron chi connectivity index (χ4n) is 4.01. The zero-order valence-electron chi connectivity index (χ0n) is 19.5. The van der Waals surface area contributed by atoms with Crippen molar-refractivity contribution in [3.05, 3.63) is 59.7 Å². The summed E-state index contributed by atoms with van der Waals surface area (Å²) in [6.07, 6.45) is -0.767. The lowest BCUT2D eigenvalue weighted by molar-refractivity contribution is -0.142. The molecule has 0 fully saturated rings. The first-order chi connectivity index (χ1) is 16.7. The van der Waals surface area contributed by atoms with Crippen LogP contribution in [0.25, 0.3) is 11.1 Å². The van der Waals surface area contributed by atoms with Gasteiger partial charge in [0, 0.05) is 5.92 Å². The van der Waals surface area contributed by atoms with Gasteiger partial charge in [-0.25, -0.2) is 9.59 Å². The average molecular weight is 484 g/mol. The van der Waals surface area contributed by atoms with E-state index in [9.17, 15) is 19.2 Å². The van der Waals surface area contributed by atoms with Crippen LogP contribution < -0.4 is 16.0 Å². The van der Waals surface area contributed by atoms with Crippen molar-refractivity contribution in [1.82, 2.24) is 16.0 Å². The Kier molecular flexibility index (Phi) is 8.43. The van der Waals surface area contributed by atoms with E-state index in [1.165, 1.54) is 0 Å². The molecule has 10 nitrogen and oxygen atoms in total. The third-order valence-electron chi connectivity index (χ3n) is 5.81. The SMILES string of the molecule is CC(C)[C@H](NC(=O)OCC1c2ccccc2-c2ccccc21)C(=O)NCC(=O)N[C@@H](CO)C(=O)O. The lowest BCUT2D eigenvalue weighted by Crippen LogP contribution is -2.53.